The Hall–Kier alpha value is -1.06. The number of hydrogen-bond donors (Lipinski definition) is 2. The smallest absolute Gasteiger partial charge is 0.230 e. The zero-order valence-electron chi connectivity index (χ0n) is 10.8. The van der Waals surface area contributed by atoms with E-state index < -0.39 is 0 Å². The average Bonchev–Trinajstić information content (AvgIpc) is 2.35. The third kappa shape index (κ3) is 2.85. The lowest BCUT2D eigenvalue weighted by Gasteiger charge is -2.32. The molecule has 0 atom stereocenters. The topological polar surface area (TPSA) is 41.1 Å². The minimum absolute atomic E-state index is 0.0870. The van der Waals surface area contributed by atoms with Gasteiger partial charge in [0.25, 0.3) is 0 Å². The summed E-state index contributed by atoms with van der Waals surface area (Å²) in [5, 5.41) is 6.93. The molecule has 0 spiro atoms. The van der Waals surface area contributed by atoms with Gasteiger partial charge in [-0.2, -0.15) is 0 Å². The first-order valence-corrected chi connectivity index (χ1v) is 6.67. The molecule has 0 aromatic heterocycles. The number of anilines is 1. The lowest BCUT2D eigenvalue weighted by atomic mass is 9.80. The van der Waals surface area contributed by atoms with Crippen LogP contribution in [-0.4, -0.2) is 19.0 Å². The molecule has 1 heterocycles. The van der Waals surface area contributed by atoms with Crippen LogP contribution in [0.5, 0.6) is 0 Å². The lowest BCUT2D eigenvalue weighted by molar-refractivity contribution is -0.126. The summed E-state index contributed by atoms with van der Waals surface area (Å²) < 4.78 is 0. The second-order valence-electron chi connectivity index (χ2n) is 5.23. The first-order chi connectivity index (χ1) is 8.51. The van der Waals surface area contributed by atoms with Gasteiger partial charge in [-0.15, -0.1) is 0 Å². The first-order valence-electron chi connectivity index (χ1n) is 6.30. The van der Waals surface area contributed by atoms with Gasteiger partial charge in [0.1, 0.15) is 0 Å². The number of rotatable bonds is 2. The SMILES string of the molecule is Cc1ccc(NC(=O)C2(C)CCNCC2)cc1Cl. The van der Waals surface area contributed by atoms with Crippen molar-refractivity contribution in [2.75, 3.05) is 18.4 Å². The minimum Gasteiger partial charge on any atom is -0.326 e. The van der Waals surface area contributed by atoms with Gasteiger partial charge in [-0.05, 0) is 50.6 Å². The maximum atomic E-state index is 12.3. The van der Waals surface area contributed by atoms with Crippen LogP contribution in [0.25, 0.3) is 0 Å². The number of carbonyl (C=O) groups is 1. The van der Waals surface area contributed by atoms with E-state index in [0.29, 0.717) is 5.02 Å². The lowest BCUT2D eigenvalue weighted by Crippen LogP contribution is -2.42. The van der Waals surface area contributed by atoms with E-state index in [1.807, 2.05) is 26.0 Å². The highest BCUT2D eigenvalue weighted by molar-refractivity contribution is 6.31. The Morgan fingerprint density at radius 1 is 1.39 bits per heavy atom. The number of aryl methyl sites for hydroxylation is 1. The van der Waals surface area contributed by atoms with Crippen molar-refractivity contribution < 1.29 is 4.79 Å². The number of hydrogen-bond acceptors (Lipinski definition) is 2. The zero-order valence-corrected chi connectivity index (χ0v) is 11.6. The molecule has 1 aromatic carbocycles. The fourth-order valence-electron chi connectivity index (χ4n) is 2.16. The molecule has 1 saturated heterocycles. The molecule has 0 radical (unpaired) electrons. The van der Waals surface area contributed by atoms with Crippen molar-refractivity contribution in [1.29, 1.82) is 0 Å². The third-order valence-electron chi connectivity index (χ3n) is 3.68. The van der Waals surface area contributed by atoms with Crippen LogP contribution >= 0.6 is 11.6 Å². The van der Waals surface area contributed by atoms with Gasteiger partial charge in [-0.1, -0.05) is 24.6 Å². The summed E-state index contributed by atoms with van der Waals surface area (Å²) >= 11 is 6.06. The molecule has 0 saturated carbocycles. The molecule has 2 rings (SSSR count). The Morgan fingerprint density at radius 3 is 2.67 bits per heavy atom. The summed E-state index contributed by atoms with van der Waals surface area (Å²) in [6, 6.07) is 5.62. The van der Waals surface area contributed by atoms with E-state index in [0.717, 1.165) is 37.2 Å². The van der Waals surface area contributed by atoms with Gasteiger partial charge in [0.2, 0.25) is 5.91 Å². The molecule has 3 nitrogen and oxygen atoms in total. The highest BCUT2D eigenvalue weighted by atomic mass is 35.5. The second kappa shape index (κ2) is 5.29. The summed E-state index contributed by atoms with van der Waals surface area (Å²) in [4.78, 5) is 12.3. The summed E-state index contributed by atoms with van der Waals surface area (Å²) in [5.74, 6) is 0.0870. The molecule has 0 bridgehead atoms. The fourth-order valence-corrected chi connectivity index (χ4v) is 2.34. The van der Waals surface area contributed by atoms with Crippen molar-refractivity contribution >= 4 is 23.2 Å². The third-order valence-corrected chi connectivity index (χ3v) is 4.09. The second-order valence-corrected chi connectivity index (χ2v) is 5.64. The van der Waals surface area contributed by atoms with Gasteiger partial charge in [0.05, 0.1) is 0 Å². The summed E-state index contributed by atoms with van der Waals surface area (Å²) in [6.45, 7) is 5.78. The quantitative estimate of drug-likeness (QED) is 0.864. The predicted molar refractivity (Wildman–Crippen MR) is 75.0 cm³/mol. The van der Waals surface area contributed by atoms with E-state index in [1.165, 1.54) is 0 Å². The molecular formula is C14H19ClN2O. The van der Waals surface area contributed by atoms with Gasteiger partial charge < -0.3 is 10.6 Å². The number of nitrogens with one attached hydrogen (secondary N) is 2. The van der Waals surface area contributed by atoms with E-state index >= 15 is 0 Å². The van der Waals surface area contributed by atoms with Crippen molar-refractivity contribution in [3.05, 3.63) is 28.8 Å². The number of carbonyl (C=O) groups excluding carboxylic acids is 1. The monoisotopic (exact) mass is 266 g/mol. The molecule has 0 unspecified atom stereocenters. The molecule has 18 heavy (non-hydrogen) atoms. The molecule has 1 aliphatic rings. The Bertz CT molecular complexity index is 453. The molecular weight excluding hydrogens is 248 g/mol. The Labute approximate surface area is 113 Å². The molecule has 4 heteroatoms. The molecule has 1 aromatic rings. The van der Waals surface area contributed by atoms with Crippen LogP contribution in [-0.2, 0) is 4.79 Å². The summed E-state index contributed by atoms with van der Waals surface area (Å²) in [7, 11) is 0. The van der Waals surface area contributed by atoms with Crippen molar-refractivity contribution in [1.82, 2.24) is 5.32 Å². The Kier molecular flexibility index (Phi) is 3.93. The number of benzene rings is 1. The first kappa shape index (κ1) is 13.4. The van der Waals surface area contributed by atoms with Crippen LogP contribution in [0.15, 0.2) is 18.2 Å². The summed E-state index contributed by atoms with van der Waals surface area (Å²) in [6.07, 6.45) is 1.75. The van der Waals surface area contributed by atoms with Gasteiger partial charge in [0, 0.05) is 16.1 Å². The van der Waals surface area contributed by atoms with Gasteiger partial charge >= 0.3 is 0 Å². The van der Waals surface area contributed by atoms with Crippen LogP contribution in [0, 0.1) is 12.3 Å². The molecule has 1 fully saturated rings. The van der Waals surface area contributed by atoms with E-state index in [2.05, 4.69) is 10.6 Å². The predicted octanol–water partition coefficient (Wildman–Crippen LogP) is 2.98. The largest absolute Gasteiger partial charge is 0.326 e. The molecule has 1 aliphatic heterocycles. The van der Waals surface area contributed by atoms with Crippen molar-refractivity contribution in [3.63, 3.8) is 0 Å². The zero-order chi connectivity index (χ0) is 13.2. The van der Waals surface area contributed by atoms with E-state index in [4.69, 9.17) is 11.6 Å². The molecule has 98 valence electrons. The standard InChI is InChI=1S/C14H19ClN2O/c1-10-3-4-11(9-12(10)15)17-13(18)14(2)5-7-16-8-6-14/h3-4,9,16H,5-8H2,1-2H3,(H,17,18). The van der Waals surface area contributed by atoms with E-state index in [9.17, 15) is 4.79 Å². The fraction of sp³-hybridized carbons (Fsp3) is 0.500. The van der Waals surface area contributed by atoms with Gasteiger partial charge in [-0.25, -0.2) is 0 Å². The number of amides is 1. The summed E-state index contributed by atoms with van der Waals surface area (Å²) in [5.41, 5.74) is 1.51. The maximum Gasteiger partial charge on any atom is 0.230 e. The number of halogens is 1. The highest BCUT2D eigenvalue weighted by Gasteiger charge is 2.34. The maximum absolute atomic E-state index is 12.3. The van der Waals surface area contributed by atoms with Crippen molar-refractivity contribution in [3.8, 4) is 0 Å². The minimum atomic E-state index is -0.275. The average molecular weight is 267 g/mol. The number of piperidine rings is 1. The van der Waals surface area contributed by atoms with Gasteiger partial charge in [0.15, 0.2) is 0 Å². The van der Waals surface area contributed by atoms with Crippen LogP contribution in [0.3, 0.4) is 0 Å². The Morgan fingerprint density at radius 2 is 2.06 bits per heavy atom. The highest BCUT2D eigenvalue weighted by Crippen LogP contribution is 2.30. The van der Waals surface area contributed by atoms with Crippen molar-refractivity contribution in [2.45, 2.75) is 26.7 Å². The molecule has 0 aliphatic carbocycles. The van der Waals surface area contributed by atoms with E-state index in [1.54, 1.807) is 6.07 Å². The van der Waals surface area contributed by atoms with Gasteiger partial charge in [-0.3, -0.25) is 4.79 Å². The van der Waals surface area contributed by atoms with Crippen molar-refractivity contribution in [2.24, 2.45) is 5.41 Å². The van der Waals surface area contributed by atoms with Crippen LogP contribution < -0.4 is 10.6 Å². The van der Waals surface area contributed by atoms with Crippen LogP contribution in [0.1, 0.15) is 25.3 Å². The molecule has 2 N–H and O–H groups in total. The normalized spacial score (nSPS) is 18.4. The van der Waals surface area contributed by atoms with E-state index in [-0.39, 0.29) is 11.3 Å². The van der Waals surface area contributed by atoms with Crippen LogP contribution in [0.2, 0.25) is 5.02 Å². The Balaban J connectivity index is 2.08. The molecule has 1 amide bonds. The van der Waals surface area contributed by atoms with Crippen LogP contribution in [0.4, 0.5) is 5.69 Å².